The molecule has 4 rings (SSSR count). The number of anilines is 1. The summed E-state index contributed by atoms with van der Waals surface area (Å²) < 4.78 is 2.80. The lowest BCUT2D eigenvalue weighted by molar-refractivity contribution is -0.113. The van der Waals surface area contributed by atoms with E-state index < -0.39 is 0 Å². The van der Waals surface area contributed by atoms with Gasteiger partial charge in [-0.3, -0.25) is 9.36 Å². The maximum Gasteiger partial charge on any atom is 0.236 e. The largest absolute Gasteiger partial charge is 0.301 e. The van der Waals surface area contributed by atoms with Gasteiger partial charge >= 0.3 is 0 Å². The zero-order valence-electron chi connectivity index (χ0n) is 13.8. The van der Waals surface area contributed by atoms with Crippen molar-refractivity contribution in [3.05, 3.63) is 54.5 Å². The topological polar surface area (TPSA) is 85.6 Å². The summed E-state index contributed by atoms with van der Waals surface area (Å²) in [6, 6.07) is 11.6. The van der Waals surface area contributed by atoms with Crippen LogP contribution >= 0.6 is 23.1 Å². The molecule has 1 amide bonds. The fourth-order valence-electron chi connectivity index (χ4n) is 2.35. The Labute approximate surface area is 157 Å². The van der Waals surface area contributed by atoms with Crippen molar-refractivity contribution >= 4 is 44.4 Å². The van der Waals surface area contributed by atoms with E-state index in [4.69, 9.17) is 0 Å². The number of thioether (sulfide) groups is 1. The number of hydrogen-bond donors (Lipinski definition) is 1. The molecule has 7 nitrogen and oxygen atoms in total. The highest BCUT2D eigenvalue weighted by Gasteiger charge is 2.12. The van der Waals surface area contributed by atoms with Crippen molar-refractivity contribution < 1.29 is 4.79 Å². The number of nitrogens with zero attached hydrogens (tertiary/aromatic N) is 5. The van der Waals surface area contributed by atoms with Crippen molar-refractivity contribution in [3.63, 3.8) is 0 Å². The molecule has 0 unspecified atom stereocenters. The lowest BCUT2D eigenvalue weighted by Gasteiger charge is -2.04. The summed E-state index contributed by atoms with van der Waals surface area (Å²) in [6.45, 7) is 2.02. The number of carbonyl (C=O) groups excluding carboxylic acids is 1. The average Bonchev–Trinajstić information content (AvgIpc) is 3.26. The number of hydrogen-bond acceptors (Lipinski definition) is 7. The molecule has 0 aliphatic heterocycles. The normalized spacial score (nSPS) is 11.0. The lowest BCUT2D eigenvalue weighted by atomic mass is 10.2. The molecule has 0 aliphatic carbocycles. The van der Waals surface area contributed by atoms with Crippen molar-refractivity contribution in [2.75, 3.05) is 11.1 Å². The monoisotopic (exact) mass is 382 g/mol. The Morgan fingerprint density at radius 3 is 3.08 bits per heavy atom. The molecule has 3 aromatic heterocycles. The van der Waals surface area contributed by atoms with Gasteiger partial charge in [0, 0.05) is 6.20 Å². The van der Waals surface area contributed by atoms with Gasteiger partial charge in [0.05, 0.1) is 16.0 Å². The summed E-state index contributed by atoms with van der Waals surface area (Å²) >= 11 is 2.76. The van der Waals surface area contributed by atoms with E-state index in [9.17, 15) is 4.79 Å². The molecule has 0 saturated carbocycles. The predicted molar refractivity (Wildman–Crippen MR) is 103 cm³/mol. The first-order valence-electron chi connectivity index (χ1n) is 7.80. The number of rotatable bonds is 5. The van der Waals surface area contributed by atoms with Crippen molar-refractivity contribution in [2.45, 2.75) is 12.1 Å². The van der Waals surface area contributed by atoms with Gasteiger partial charge in [0.1, 0.15) is 12.1 Å². The van der Waals surface area contributed by atoms with Crippen molar-refractivity contribution in [1.82, 2.24) is 24.7 Å². The Bertz CT molecular complexity index is 1060. The Hall–Kier alpha value is -2.78. The van der Waals surface area contributed by atoms with Crippen LogP contribution in [0.15, 0.2) is 54.1 Å². The fraction of sp³-hybridized carbons (Fsp3) is 0.118. The zero-order valence-corrected chi connectivity index (χ0v) is 15.4. The molecule has 1 N–H and O–H groups in total. The second-order valence-electron chi connectivity index (χ2n) is 5.50. The van der Waals surface area contributed by atoms with E-state index >= 15 is 0 Å². The first-order valence-corrected chi connectivity index (χ1v) is 9.60. The summed E-state index contributed by atoms with van der Waals surface area (Å²) in [6.07, 6.45) is 3.28. The number of pyridine rings is 1. The number of aryl methyl sites for hydroxylation is 1. The standard InChI is InChI=1S/C17H14N6OS2/c1-11-5-6-13-12(8-11)20-16(26-13)21-15(24)9-25-17-22-19-10-23(17)14-4-2-3-7-18-14/h2-8,10H,9H2,1H3,(H,20,21,24). The van der Waals surface area contributed by atoms with E-state index in [-0.39, 0.29) is 11.7 Å². The third-order valence-electron chi connectivity index (χ3n) is 3.53. The molecule has 4 aromatic rings. The van der Waals surface area contributed by atoms with E-state index in [1.807, 2.05) is 43.3 Å². The van der Waals surface area contributed by atoms with Gasteiger partial charge in [-0.15, -0.1) is 10.2 Å². The van der Waals surface area contributed by atoms with Crippen LogP contribution in [0, 0.1) is 6.92 Å². The van der Waals surface area contributed by atoms with Gasteiger partial charge in [-0.05, 0) is 36.8 Å². The fourth-order valence-corrected chi connectivity index (χ4v) is 3.93. The van der Waals surface area contributed by atoms with Gasteiger partial charge < -0.3 is 5.32 Å². The first-order chi connectivity index (χ1) is 12.7. The summed E-state index contributed by atoms with van der Waals surface area (Å²) in [5.41, 5.74) is 2.04. The minimum atomic E-state index is -0.138. The van der Waals surface area contributed by atoms with Crippen LogP contribution in [-0.4, -0.2) is 36.4 Å². The third-order valence-corrected chi connectivity index (χ3v) is 5.43. The molecule has 0 saturated heterocycles. The molecule has 0 aliphatic rings. The molecule has 26 heavy (non-hydrogen) atoms. The van der Waals surface area contributed by atoms with Crippen LogP contribution in [0.4, 0.5) is 5.13 Å². The van der Waals surface area contributed by atoms with Gasteiger partial charge in [-0.2, -0.15) is 0 Å². The van der Waals surface area contributed by atoms with Crippen LogP contribution in [0.2, 0.25) is 0 Å². The number of thiazole rings is 1. The minimum absolute atomic E-state index is 0.138. The SMILES string of the molecule is Cc1ccc2sc(NC(=O)CSc3nncn3-c3ccccn3)nc2c1. The van der Waals surface area contributed by atoms with E-state index in [1.54, 1.807) is 17.1 Å². The van der Waals surface area contributed by atoms with Crippen LogP contribution in [0.1, 0.15) is 5.56 Å². The predicted octanol–water partition coefficient (Wildman–Crippen LogP) is 3.31. The van der Waals surface area contributed by atoms with Crippen LogP contribution in [0.25, 0.3) is 16.0 Å². The Morgan fingerprint density at radius 1 is 1.31 bits per heavy atom. The molecule has 0 spiro atoms. The molecule has 130 valence electrons. The Balaban J connectivity index is 1.42. The average molecular weight is 382 g/mol. The molecule has 0 atom stereocenters. The second-order valence-corrected chi connectivity index (χ2v) is 7.47. The maximum absolute atomic E-state index is 12.3. The minimum Gasteiger partial charge on any atom is -0.301 e. The molecule has 0 fully saturated rings. The summed E-state index contributed by atoms with van der Waals surface area (Å²) in [5, 5.41) is 12.0. The number of aromatic nitrogens is 5. The lowest BCUT2D eigenvalue weighted by Crippen LogP contribution is -2.14. The van der Waals surface area contributed by atoms with Gasteiger partial charge in [-0.1, -0.05) is 35.2 Å². The smallest absolute Gasteiger partial charge is 0.236 e. The summed E-state index contributed by atoms with van der Waals surface area (Å²) in [5.74, 6) is 0.781. The third kappa shape index (κ3) is 3.58. The summed E-state index contributed by atoms with van der Waals surface area (Å²) in [4.78, 5) is 21.0. The number of benzene rings is 1. The van der Waals surface area contributed by atoms with Crippen molar-refractivity contribution in [1.29, 1.82) is 0 Å². The van der Waals surface area contributed by atoms with Gasteiger partial charge in [0.2, 0.25) is 5.91 Å². The summed E-state index contributed by atoms with van der Waals surface area (Å²) in [7, 11) is 0. The number of fused-ring (bicyclic) bond motifs is 1. The highest BCUT2D eigenvalue weighted by Crippen LogP contribution is 2.27. The molecule has 9 heteroatoms. The highest BCUT2D eigenvalue weighted by molar-refractivity contribution is 7.99. The number of nitrogens with one attached hydrogen (secondary N) is 1. The Morgan fingerprint density at radius 2 is 2.23 bits per heavy atom. The molecular weight excluding hydrogens is 368 g/mol. The maximum atomic E-state index is 12.3. The molecule has 1 aromatic carbocycles. The molecule has 0 bridgehead atoms. The highest BCUT2D eigenvalue weighted by atomic mass is 32.2. The van der Waals surface area contributed by atoms with E-state index in [0.29, 0.717) is 16.1 Å². The van der Waals surface area contributed by atoms with E-state index in [2.05, 4.69) is 25.5 Å². The van der Waals surface area contributed by atoms with Gasteiger partial charge in [-0.25, -0.2) is 9.97 Å². The van der Waals surface area contributed by atoms with Crippen LogP contribution in [-0.2, 0) is 4.79 Å². The second kappa shape index (κ2) is 7.22. The Kier molecular flexibility index (Phi) is 4.63. The quantitative estimate of drug-likeness (QED) is 0.533. The van der Waals surface area contributed by atoms with Crippen LogP contribution in [0.3, 0.4) is 0 Å². The zero-order chi connectivity index (χ0) is 17.9. The first kappa shape index (κ1) is 16.7. The van der Waals surface area contributed by atoms with Gasteiger partial charge in [0.15, 0.2) is 10.3 Å². The van der Waals surface area contributed by atoms with Crippen LogP contribution in [0.5, 0.6) is 0 Å². The van der Waals surface area contributed by atoms with Gasteiger partial charge in [0.25, 0.3) is 0 Å². The van der Waals surface area contributed by atoms with Crippen molar-refractivity contribution in [3.8, 4) is 5.82 Å². The number of amides is 1. The number of carbonyl (C=O) groups is 1. The molecule has 3 heterocycles. The van der Waals surface area contributed by atoms with Crippen molar-refractivity contribution in [2.24, 2.45) is 0 Å². The van der Waals surface area contributed by atoms with E-state index in [0.717, 1.165) is 15.8 Å². The molecular formula is C17H14N6OS2. The van der Waals surface area contributed by atoms with E-state index in [1.165, 1.54) is 23.1 Å². The molecule has 0 radical (unpaired) electrons. The van der Waals surface area contributed by atoms with Crippen LogP contribution < -0.4 is 5.32 Å².